The smallest absolute Gasteiger partial charge is 0.0776 e. The van der Waals surface area contributed by atoms with Gasteiger partial charge in [-0.25, -0.2) is 0 Å². The van der Waals surface area contributed by atoms with Gasteiger partial charge in [-0.05, 0) is 25.0 Å². The highest BCUT2D eigenvalue weighted by Gasteiger charge is 2.01. The lowest BCUT2D eigenvalue weighted by Gasteiger charge is -2.02. The Hall–Kier alpha value is -0.760. The maximum Gasteiger partial charge on any atom is 0.0776 e. The molecule has 0 spiro atoms. The lowest BCUT2D eigenvalue weighted by Crippen LogP contribution is -1.94. The number of rotatable bonds is 5. The summed E-state index contributed by atoms with van der Waals surface area (Å²) in [4.78, 5) is 0. The van der Waals surface area contributed by atoms with Crippen molar-refractivity contribution in [1.29, 1.82) is 0 Å². The van der Waals surface area contributed by atoms with Gasteiger partial charge in [-0.2, -0.15) is 0 Å². The van der Waals surface area contributed by atoms with Crippen molar-refractivity contribution >= 4 is 0 Å². The van der Waals surface area contributed by atoms with Gasteiger partial charge < -0.3 is 9.67 Å². The lowest BCUT2D eigenvalue weighted by atomic mass is 10.2. The van der Waals surface area contributed by atoms with E-state index in [2.05, 4.69) is 11.5 Å². The molecule has 2 nitrogen and oxygen atoms in total. The van der Waals surface area contributed by atoms with Crippen LogP contribution in [0.4, 0.5) is 0 Å². The van der Waals surface area contributed by atoms with Crippen LogP contribution in [0.15, 0.2) is 18.5 Å². The summed E-state index contributed by atoms with van der Waals surface area (Å²) in [5, 5.41) is 9.30. The number of aliphatic hydroxyl groups is 1. The fourth-order valence-corrected chi connectivity index (χ4v) is 1.39. The first-order chi connectivity index (χ1) is 6.24. The third-order valence-corrected chi connectivity index (χ3v) is 2.28. The molecule has 0 aliphatic rings. The van der Waals surface area contributed by atoms with Gasteiger partial charge >= 0.3 is 0 Å². The molecule has 0 aromatic carbocycles. The Labute approximate surface area is 80.2 Å². The number of unbranched alkanes of at least 4 members (excludes halogenated alkanes) is 2. The first-order valence-electron chi connectivity index (χ1n) is 5.07. The van der Waals surface area contributed by atoms with Gasteiger partial charge in [-0.1, -0.05) is 19.8 Å². The minimum absolute atomic E-state index is 0.340. The average molecular weight is 181 g/mol. The summed E-state index contributed by atoms with van der Waals surface area (Å²) in [6.45, 7) is 5.07. The minimum Gasteiger partial charge on any atom is -0.389 e. The number of aryl methyl sites for hydroxylation is 1. The van der Waals surface area contributed by atoms with E-state index >= 15 is 0 Å². The zero-order valence-corrected chi connectivity index (χ0v) is 8.53. The molecule has 0 radical (unpaired) electrons. The van der Waals surface area contributed by atoms with Crippen molar-refractivity contribution in [2.24, 2.45) is 0 Å². The highest BCUT2D eigenvalue weighted by Crippen LogP contribution is 2.12. The Morgan fingerprint density at radius 2 is 2.23 bits per heavy atom. The van der Waals surface area contributed by atoms with Crippen molar-refractivity contribution in [3.8, 4) is 0 Å². The fourth-order valence-electron chi connectivity index (χ4n) is 1.39. The molecule has 13 heavy (non-hydrogen) atoms. The summed E-state index contributed by atoms with van der Waals surface area (Å²) in [6.07, 6.45) is 7.49. The normalized spacial score (nSPS) is 13.2. The van der Waals surface area contributed by atoms with Crippen molar-refractivity contribution in [3.05, 3.63) is 24.0 Å². The van der Waals surface area contributed by atoms with Gasteiger partial charge in [0.2, 0.25) is 0 Å². The van der Waals surface area contributed by atoms with Crippen LogP contribution in [0.5, 0.6) is 0 Å². The largest absolute Gasteiger partial charge is 0.389 e. The van der Waals surface area contributed by atoms with Gasteiger partial charge in [-0.15, -0.1) is 0 Å². The van der Waals surface area contributed by atoms with Crippen LogP contribution >= 0.6 is 0 Å². The van der Waals surface area contributed by atoms with Gasteiger partial charge in [0.05, 0.1) is 6.10 Å². The lowest BCUT2D eigenvalue weighted by molar-refractivity contribution is 0.199. The van der Waals surface area contributed by atoms with Crippen LogP contribution in [0.3, 0.4) is 0 Å². The molecule has 0 fully saturated rings. The Morgan fingerprint density at radius 3 is 2.77 bits per heavy atom. The quantitative estimate of drug-likeness (QED) is 0.694. The molecular weight excluding hydrogens is 162 g/mol. The van der Waals surface area contributed by atoms with Crippen LogP contribution in [-0.2, 0) is 6.54 Å². The van der Waals surface area contributed by atoms with Crippen LogP contribution in [0.25, 0.3) is 0 Å². The van der Waals surface area contributed by atoms with Gasteiger partial charge in [-0.3, -0.25) is 0 Å². The maximum atomic E-state index is 9.30. The van der Waals surface area contributed by atoms with Crippen molar-refractivity contribution in [2.45, 2.75) is 45.8 Å². The molecule has 1 unspecified atom stereocenters. The summed E-state index contributed by atoms with van der Waals surface area (Å²) < 4.78 is 2.15. The highest BCUT2D eigenvalue weighted by molar-refractivity contribution is 5.12. The summed E-state index contributed by atoms with van der Waals surface area (Å²) >= 11 is 0. The molecule has 1 aromatic rings. The SMILES string of the molecule is CCCCCn1ccc(C(C)O)c1. The molecule has 1 aromatic heterocycles. The van der Waals surface area contributed by atoms with E-state index < -0.39 is 0 Å². The summed E-state index contributed by atoms with van der Waals surface area (Å²) in [5.74, 6) is 0. The summed E-state index contributed by atoms with van der Waals surface area (Å²) in [7, 11) is 0. The van der Waals surface area contributed by atoms with Crippen molar-refractivity contribution in [2.75, 3.05) is 0 Å². The van der Waals surface area contributed by atoms with Crippen LogP contribution in [0.1, 0.15) is 44.8 Å². The van der Waals surface area contributed by atoms with Crippen molar-refractivity contribution < 1.29 is 5.11 Å². The van der Waals surface area contributed by atoms with E-state index in [9.17, 15) is 5.11 Å². The molecule has 1 atom stereocenters. The Balaban J connectivity index is 2.40. The Bertz CT molecular complexity index is 240. The Morgan fingerprint density at radius 1 is 1.46 bits per heavy atom. The molecule has 2 heteroatoms. The average Bonchev–Trinajstić information content (AvgIpc) is 2.53. The van der Waals surface area contributed by atoms with Gasteiger partial charge in [0, 0.05) is 18.9 Å². The van der Waals surface area contributed by atoms with Gasteiger partial charge in [0.1, 0.15) is 0 Å². The van der Waals surface area contributed by atoms with Crippen molar-refractivity contribution in [3.63, 3.8) is 0 Å². The van der Waals surface area contributed by atoms with Crippen molar-refractivity contribution in [1.82, 2.24) is 4.57 Å². The molecule has 1 rings (SSSR count). The first kappa shape index (κ1) is 10.3. The zero-order valence-electron chi connectivity index (χ0n) is 8.53. The third kappa shape index (κ3) is 3.23. The van der Waals surface area contributed by atoms with E-state index in [1.165, 1.54) is 19.3 Å². The Kier molecular flexibility index (Phi) is 4.03. The predicted octanol–water partition coefficient (Wildman–Crippen LogP) is 2.73. The zero-order chi connectivity index (χ0) is 9.68. The molecule has 0 saturated carbocycles. The highest BCUT2D eigenvalue weighted by atomic mass is 16.3. The molecular formula is C11H19NO. The number of aliphatic hydroxyl groups excluding tert-OH is 1. The summed E-state index contributed by atoms with van der Waals surface area (Å²) in [5.41, 5.74) is 1.01. The van der Waals surface area contributed by atoms with Crippen LogP contribution in [-0.4, -0.2) is 9.67 Å². The number of nitrogens with zero attached hydrogens (tertiary/aromatic N) is 1. The number of hydrogen-bond acceptors (Lipinski definition) is 1. The van der Waals surface area contributed by atoms with Crippen LogP contribution < -0.4 is 0 Å². The topological polar surface area (TPSA) is 25.2 Å². The molecule has 0 saturated heterocycles. The van der Waals surface area contributed by atoms with Gasteiger partial charge in [0.15, 0.2) is 0 Å². The predicted molar refractivity (Wildman–Crippen MR) is 54.6 cm³/mol. The standard InChI is InChI=1S/C11H19NO/c1-3-4-5-7-12-8-6-11(9-12)10(2)13/h6,8-10,13H,3-5,7H2,1-2H3. The molecule has 1 heterocycles. The van der Waals surface area contributed by atoms with Gasteiger partial charge in [0.25, 0.3) is 0 Å². The first-order valence-corrected chi connectivity index (χ1v) is 5.07. The van der Waals surface area contributed by atoms with E-state index in [0.717, 1.165) is 12.1 Å². The molecule has 0 amide bonds. The monoisotopic (exact) mass is 181 g/mol. The fraction of sp³-hybridized carbons (Fsp3) is 0.636. The van der Waals surface area contributed by atoms with E-state index in [1.54, 1.807) is 6.92 Å². The van der Waals surface area contributed by atoms with Crippen LogP contribution in [0.2, 0.25) is 0 Å². The van der Waals surface area contributed by atoms with E-state index in [-0.39, 0.29) is 6.10 Å². The molecule has 0 bridgehead atoms. The molecule has 1 N–H and O–H groups in total. The summed E-state index contributed by atoms with van der Waals surface area (Å²) in [6, 6.07) is 1.98. The molecule has 0 aliphatic heterocycles. The second-order valence-electron chi connectivity index (χ2n) is 3.57. The second-order valence-corrected chi connectivity index (χ2v) is 3.57. The molecule has 0 aliphatic carbocycles. The molecule has 74 valence electrons. The van der Waals surface area contributed by atoms with E-state index in [1.807, 2.05) is 18.5 Å². The minimum atomic E-state index is -0.340. The van der Waals surface area contributed by atoms with E-state index in [0.29, 0.717) is 0 Å². The van der Waals surface area contributed by atoms with E-state index in [4.69, 9.17) is 0 Å². The third-order valence-electron chi connectivity index (χ3n) is 2.28. The number of aromatic nitrogens is 1. The maximum absolute atomic E-state index is 9.30. The van der Waals surface area contributed by atoms with Crippen LogP contribution in [0, 0.1) is 0 Å². The second kappa shape index (κ2) is 5.07. The number of hydrogen-bond donors (Lipinski definition) is 1.